The molecule has 0 unspecified atom stereocenters. The molecule has 0 bridgehead atoms. The van der Waals surface area contributed by atoms with Crippen LogP contribution in [0, 0.1) is 0 Å². The lowest BCUT2D eigenvalue weighted by Crippen LogP contribution is -2.27. The molecule has 0 atom stereocenters. The molecule has 1 aromatic rings. The molecule has 5 nitrogen and oxygen atoms in total. The molecular weight excluding hydrogens is 300 g/mol. The fourth-order valence-electron chi connectivity index (χ4n) is 1.33. The average Bonchev–Trinajstić information content (AvgIpc) is 2.32. The van der Waals surface area contributed by atoms with Gasteiger partial charge in [-0.3, -0.25) is 4.79 Å². The van der Waals surface area contributed by atoms with Crippen molar-refractivity contribution >= 4 is 27.5 Å². The van der Waals surface area contributed by atoms with Gasteiger partial charge in [0.05, 0.1) is 19.8 Å². The van der Waals surface area contributed by atoms with E-state index in [-0.39, 0.29) is 5.91 Å². The summed E-state index contributed by atoms with van der Waals surface area (Å²) in [5.74, 6) is -0.168. The molecule has 1 amide bonds. The van der Waals surface area contributed by atoms with E-state index in [0.717, 1.165) is 4.47 Å². The second-order valence-corrected chi connectivity index (χ2v) is 4.55. The van der Waals surface area contributed by atoms with E-state index in [1.54, 1.807) is 25.3 Å². The summed E-state index contributed by atoms with van der Waals surface area (Å²) >= 11 is 3.29. The number of carbonyl (C=O) groups excluding carboxylic acids is 1. The maximum atomic E-state index is 11.8. The van der Waals surface area contributed by atoms with Crippen LogP contribution >= 0.6 is 15.9 Å². The van der Waals surface area contributed by atoms with Crippen molar-refractivity contribution < 1.29 is 14.3 Å². The molecule has 6 heteroatoms. The van der Waals surface area contributed by atoms with Gasteiger partial charge in [-0.25, -0.2) is 0 Å². The van der Waals surface area contributed by atoms with Crippen molar-refractivity contribution in [3.63, 3.8) is 0 Å². The SMILES string of the molecule is COCCOCCNC(=O)c1cc(N)cc(Br)c1. The monoisotopic (exact) mass is 316 g/mol. The zero-order valence-electron chi connectivity index (χ0n) is 10.2. The number of hydrogen-bond donors (Lipinski definition) is 2. The maximum Gasteiger partial charge on any atom is 0.251 e. The number of halogens is 1. The topological polar surface area (TPSA) is 73.6 Å². The highest BCUT2D eigenvalue weighted by atomic mass is 79.9. The van der Waals surface area contributed by atoms with Gasteiger partial charge in [-0.05, 0) is 18.2 Å². The smallest absolute Gasteiger partial charge is 0.251 e. The Bertz CT molecular complexity index is 379. The summed E-state index contributed by atoms with van der Waals surface area (Å²) in [5.41, 5.74) is 6.73. The van der Waals surface area contributed by atoms with E-state index in [1.807, 2.05) is 0 Å². The lowest BCUT2D eigenvalue weighted by molar-refractivity contribution is 0.0692. The lowest BCUT2D eigenvalue weighted by atomic mass is 10.2. The molecule has 0 aromatic heterocycles. The Hall–Kier alpha value is -1.11. The van der Waals surface area contributed by atoms with Gasteiger partial charge in [-0.1, -0.05) is 15.9 Å². The minimum Gasteiger partial charge on any atom is -0.399 e. The van der Waals surface area contributed by atoms with Crippen molar-refractivity contribution in [2.75, 3.05) is 39.2 Å². The molecule has 0 spiro atoms. The van der Waals surface area contributed by atoms with Crippen molar-refractivity contribution in [1.82, 2.24) is 5.32 Å². The maximum absolute atomic E-state index is 11.8. The minimum absolute atomic E-state index is 0.168. The number of carbonyl (C=O) groups is 1. The quantitative estimate of drug-likeness (QED) is 0.589. The Balaban J connectivity index is 2.32. The molecule has 0 aliphatic rings. The summed E-state index contributed by atoms with van der Waals surface area (Å²) in [6, 6.07) is 5.09. The fraction of sp³-hybridized carbons (Fsp3) is 0.417. The number of nitrogens with two attached hydrogens (primary N) is 1. The summed E-state index contributed by atoms with van der Waals surface area (Å²) < 4.78 is 10.8. The van der Waals surface area contributed by atoms with Gasteiger partial charge >= 0.3 is 0 Å². The van der Waals surface area contributed by atoms with Crippen LogP contribution in [0.3, 0.4) is 0 Å². The third-order valence-electron chi connectivity index (χ3n) is 2.15. The lowest BCUT2D eigenvalue weighted by Gasteiger charge is -2.07. The van der Waals surface area contributed by atoms with E-state index >= 15 is 0 Å². The molecule has 1 rings (SSSR count). The van der Waals surface area contributed by atoms with Gasteiger partial charge in [0.25, 0.3) is 5.91 Å². The second kappa shape index (κ2) is 8.07. The number of amides is 1. The van der Waals surface area contributed by atoms with E-state index in [9.17, 15) is 4.79 Å². The van der Waals surface area contributed by atoms with Gasteiger partial charge in [0.1, 0.15) is 0 Å². The molecule has 18 heavy (non-hydrogen) atoms. The summed E-state index contributed by atoms with van der Waals surface area (Å²) in [6.45, 7) is 1.99. The molecule has 0 radical (unpaired) electrons. The molecule has 0 heterocycles. The van der Waals surface area contributed by atoms with Crippen molar-refractivity contribution in [3.8, 4) is 0 Å². The van der Waals surface area contributed by atoms with Gasteiger partial charge in [0, 0.05) is 29.4 Å². The summed E-state index contributed by atoms with van der Waals surface area (Å²) in [5, 5.41) is 2.75. The number of nitrogen functional groups attached to an aromatic ring is 1. The molecule has 3 N–H and O–H groups in total. The highest BCUT2D eigenvalue weighted by molar-refractivity contribution is 9.10. The van der Waals surface area contributed by atoms with Crippen molar-refractivity contribution in [3.05, 3.63) is 28.2 Å². The van der Waals surface area contributed by atoms with E-state index in [0.29, 0.717) is 37.6 Å². The number of methoxy groups -OCH3 is 1. The van der Waals surface area contributed by atoms with Gasteiger partial charge in [0.2, 0.25) is 0 Å². The first-order valence-corrected chi connectivity index (χ1v) is 6.33. The van der Waals surface area contributed by atoms with Crippen molar-refractivity contribution in [1.29, 1.82) is 0 Å². The van der Waals surface area contributed by atoms with Crippen LogP contribution < -0.4 is 11.1 Å². The third-order valence-corrected chi connectivity index (χ3v) is 2.60. The van der Waals surface area contributed by atoms with E-state index in [4.69, 9.17) is 15.2 Å². The van der Waals surface area contributed by atoms with Crippen LogP contribution in [0.5, 0.6) is 0 Å². The zero-order valence-corrected chi connectivity index (χ0v) is 11.8. The first-order valence-electron chi connectivity index (χ1n) is 5.54. The van der Waals surface area contributed by atoms with E-state index in [2.05, 4.69) is 21.2 Å². The molecule has 0 aliphatic carbocycles. The van der Waals surface area contributed by atoms with Crippen LogP contribution in [0.4, 0.5) is 5.69 Å². The van der Waals surface area contributed by atoms with Crippen molar-refractivity contribution in [2.45, 2.75) is 0 Å². The number of rotatable bonds is 7. The molecule has 0 saturated heterocycles. The van der Waals surface area contributed by atoms with Gasteiger partial charge in [-0.2, -0.15) is 0 Å². The van der Waals surface area contributed by atoms with Gasteiger partial charge < -0.3 is 20.5 Å². The molecular formula is C12H17BrN2O3. The molecule has 0 fully saturated rings. The number of benzene rings is 1. The summed E-state index contributed by atoms with van der Waals surface area (Å²) in [6.07, 6.45) is 0. The van der Waals surface area contributed by atoms with E-state index in [1.165, 1.54) is 0 Å². The van der Waals surface area contributed by atoms with Crippen LogP contribution in [0.25, 0.3) is 0 Å². The first-order chi connectivity index (χ1) is 8.63. The Morgan fingerprint density at radius 1 is 1.33 bits per heavy atom. The predicted octanol–water partition coefficient (Wildman–Crippen LogP) is 1.42. The van der Waals surface area contributed by atoms with Crippen LogP contribution in [-0.2, 0) is 9.47 Å². The molecule has 0 aliphatic heterocycles. The Kier molecular flexibility index (Phi) is 6.70. The third kappa shape index (κ3) is 5.48. The van der Waals surface area contributed by atoms with Gasteiger partial charge in [0.15, 0.2) is 0 Å². The normalized spacial score (nSPS) is 10.3. The second-order valence-electron chi connectivity index (χ2n) is 3.63. The average molecular weight is 317 g/mol. The van der Waals surface area contributed by atoms with Gasteiger partial charge in [-0.15, -0.1) is 0 Å². The molecule has 1 aromatic carbocycles. The Morgan fingerprint density at radius 3 is 2.78 bits per heavy atom. The number of ether oxygens (including phenoxy) is 2. The largest absolute Gasteiger partial charge is 0.399 e. The molecule has 100 valence electrons. The van der Waals surface area contributed by atoms with Crippen molar-refractivity contribution in [2.24, 2.45) is 0 Å². The zero-order chi connectivity index (χ0) is 13.4. The van der Waals surface area contributed by atoms with Crippen LogP contribution in [0.1, 0.15) is 10.4 Å². The molecule has 0 saturated carbocycles. The standard InChI is InChI=1S/C12H17BrN2O3/c1-17-4-5-18-3-2-15-12(16)9-6-10(13)8-11(14)7-9/h6-8H,2-5,14H2,1H3,(H,15,16). The number of hydrogen-bond acceptors (Lipinski definition) is 4. The van der Waals surface area contributed by atoms with Crippen LogP contribution in [0.15, 0.2) is 22.7 Å². The van der Waals surface area contributed by atoms with E-state index < -0.39 is 0 Å². The van der Waals surface area contributed by atoms with Crippen LogP contribution in [-0.4, -0.2) is 39.4 Å². The first kappa shape index (κ1) is 14.9. The summed E-state index contributed by atoms with van der Waals surface area (Å²) in [4.78, 5) is 11.8. The number of anilines is 1. The highest BCUT2D eigenvalue weighted by Crippen LogP contribution is 2.17. The Morgan fingerprint density at radius 2 is 2.11 bits per heavy atom. The number of nitrogens with one attached hydrogen (secondary N) is 1. The van der Waals surface area contributed by atoms with Crippen LogP contribution in [0.2, 0.25) is 0 Å². The Labute approximate surface area is 115 Å². The fourth-order valence-corrected chi connectivity index (χ4v) is 1.84. The summed E-state index contributed by atoms with van der Waals surface area (Å²) in [7, 11) is 1.61. The highest BCUT2D eigenvalue weighted by Gasteiger charge is 2.06. The predicted molar refractivity (Wildman–Crippen MR) is 73.6 cm³/mol. The minimum atomic E-state index is -0.168.